The van der Waals surface area contributed by atoms with Gasteiger partial charge in [0, 0.05) is 10.9 Å². The van der Waals surface area contributed by atoms with Gasteiger partial charge in [-0.05, 0) is 56.9 Å². The van der Waals surface area contributed by atoms with Crippen molar-refractivity contribution < 1.29 is 14.3 Å². The SMILES string of the molecule is C[S+](C)c1ccc(OCC(=O)OC2(C)CCCCC2)cc1. The fourth-order valence-corrected chi connectivity index (χ4v) is 3.34. The van der Waals surface area contributed by atoms with Gasteiger partial charge in [-0.2, -0.15) is 0 Å². The Morgan fingerprint density at radius 2 is 1.76 bits per heavy atom. The van der Waals surface area contributed by atoms with Crippen LogP contribution in [-0.4, -0.2) is 30.7 Å². The Kier molecular flexibility index (Phi) is 5.57. The smallest absolute Gasteiger partial charge is 0.344 e. The molecule has 3 nitrogen and oxygen atoms in total. The van der Waals surface area contributed by atoms with Crippen molar-refractivity contribution >= 4 is 16.9 Å². The van der Waals surface area contributed by atoms with Crippen LogP contribution in [0.2, 0.25) is 0 Å². The van der Waals surface area contributed by atoms with E-state index < -0.39 is 0 Å². The summed E-state index contributed by atoms with van der Waals surface area (Å²) in [5, 5.41) is 0. The number of esters is 1. The fourth-order valence-electron chi connectivity index (χ4n) is 2.66. The van der Waals surface area contributed by atoms with Crippen molar-refractivity contribution in [1.29, 1.82) is 0 Å². The molecule has 0 aromatic heterocycles. The number of hydrogen-bond donors (Lipinski definition) is 0. The van der Waals surface area contributed by atoms with Crippen molar-refractivity contribution in [3.8, 4) is 5.75 Å². The molecular formula is C17H25O3S+. The lowest BCUT2D eigenvalue weighted by atomic mass is 9.86. The maximum absolute atomic E-state index is 11.9. The van der Waals surface area contributed by atoms with Crippen LogP contribution in [0.25, 0.3) is 0 Å². The molecule has 1 aliphatic carbocycles. The summed E-state index contributed by atoms with van der Waals surface area (Å²) in [7, 11) is 0.242. The Balaban J connectivity index is 1.80. The molecule has 0 spiro atoms. The fraction of sp³-hybridized carbons (Fsp3) is 0.588. The summed E-state index contributed by atoms with van der Waals surface area (Å²) in [5.74, 6) is 0.448. The monoisotopic (exact) mass is 309 g/mol. The van der Waals surface area contributed by atoms with Gasteiger partial charge in [0.15, 0.2) is 11.5 Å². The highest BCUT2D eigenvalue weighted by Crippen LogP contribution is 2.31. The van der Waals surface area contributed by atoms with Crippen LogP contribution in [0.3, 0.4) is 0 Å². The third-order valence-electron chi connectivity index (χ3n) is 3.92. The van der Waals surface area contributed by atoms with E-state index in [0.717, 1.165) is 31.4 Å². The van der Waals surface area contributed by atoms with E-state index in [1.165, 1.54) is 11.3 Å². The van der Waals surface area contributed by atoms with Gasteiger partial charge < -0.3 is 9.47 Å². The van der Waals surface area contributed by atoms with E-state index in [1.54, 1.807) is 0 Å². The molecule has 0 atom stereocenters. The summed E-state index contributed by atoms with van der Waals surface area (Å²) < 4.78 is 11.1. The summed E-state index contributed by atoms with van der Waals surface area (Å²) in [6.45, 7) is 2.02. The minimum Gasteiger partial charge on any atom is -0.482 e. The summed E-state index contributed by atoms with van der Waals surface area (Å²) in [4.78, 5) is 13.2. The van der Waals surface area contributed by atoms with Crippen molar-refractivity contribution in [2.45, 2.75) is 49.5 Å². The summed E-state index contributed by atoms with van der Waals surface area (Å²) in [6, 6.07) is 7.92. The molecule has 1 aliphatic rings. The lowest BCUT2D eigenvalue weighted by Crippen LogP contribution is -2.35. The van der Waals surface area contributed by atoms with E-state index in [9.17, 15) is 4.79 Å². The molecule has 21 heavy (non-hydrogen) atoms. The van der Waals surface area contributed by atoms with Crippen LogP contribution in [0.15, 0.2) is 29.2 Å². The first-order valence-electron chi connectivity index (χ1n) is 7.51. The van der Waals surface area contributed by atoms with Crippen LogP contribution < -0.4 is 4.74 Å². The lowest BCUT2D eigenvalue weighted by Gasteiger charge is -2.33. The predicted molar refractivity (Wildman–Crippen MR) is 87.0 cm³/mol. The summed E-state index contributed by atoms with van der Waals surface area (Å²) in [6.07, 6.45) is 9.80. The zero-order valence-electron chi connectivity index (χ0n) is 13.2. The molecule has 116 valence electrons. The average Bonchev–Trinajstić information content (AvgIpc) is 2.46. The molecular weight excluding hydrogens is 284 g/mol. The Labute approximate surface area is 130 Å². The first-order valence-corrected chi connectivity index (χ1v) is 9.55. The van der Waals surface area contributed by atoms with Crippen molar-refractivity contribution in [2.24, 2.45) is 0 Å². The molecule has 0 N–H and O–H groups in total. The number of carbonyl (C=O) groups excluding carboxylic acids is 1. The first-order chi connectivity index (χ1) is 9.98. The number of hydrogen-bond acceptors (Lipinski definition) is 3. The van der Waals surface area contributed by atoms with Crippen molar-refractivity contribution in [3.63, 3.8) is 0 Å². The largest absolute Gasteiger partial charge is 0.482 e. The second kappa shape index (κ2) is 7.21. The van der Waals surface area contributed by atoms with E-state index in [1.807, 2.05) is 31.2 Å². The second-order valence-electron chi connectivity index (χ2n) is 6.06. The van der Waals surface area contributed by atoms with Gasteiger partial charge in [-0.1, -0.05) is 6.42 Å². The highest BCUT2D eigenvalue weighted by atomic mass is 32.2. The van der Waals surface area contributed by atoms with Crippen molar-refractivity contribution in [2.75, 3.05) is 19.1 Å². The van der Waals surface area contributed by atoms with Crippen molar-refractivity contribution in [1.82, 2.24) is 0 Å². The molecule has 1 fully saturated rings. The third kappa shape index (κ3) is 4.95. The molecule has 0 bridgehead atoms. The van der Waals surface area contributed by atoms with Crippen LogP contribution in [0.4, 0.5) is 0 Å². The maximum Gasteiger partial charge on any atom is 0.344 e. The average molecular weight is 309 g/mol. The molecule has 0 saturated heterocycles. The summed E-state index contributed by atoms with van der Waals surface area (Å²) in [5.41, 5.74) is -0.290. The van der Waals surface area contributed by atoms with Crippen LogP contribution in [-0.2, 0) is 20.4 Å². The Morgan fingerprint density at radius 1 is 1.14 bits per heavy atom. The van der Waals surface area contributed by atoms with Crippen LogP contribution in [0.1, 0.15) is 39.0 Å². The highest BCUT2D eigenvalue weighted by molar-refractivity contribution is 7.95. The molecule has 0 aliphatic heterocycles. The number of carbonyl (C=O) groups is 1. The Bertz CT molecular complexity index is 461. The van der Waals surface area contributed by atoms with Gasteiger partial charge in [-0.25, -0.2) is 4.79 Å². The first kappa shape index (κ1) is 16.2. The minimum atomic E-state index is -0.290. The third-order valence-corrected chi connectivity index (χ3v) is 5.14. The molecule has 0 amide bonds. The zero-order valence-corrected chi connectivity index (χ0v) is 14.0. The van der Waals surface area contributed by atoms with Gasteiger partial charge in [0.05, 0.1) is 0 Å². The molecule has 0 heterocycles. The normalized spacial score (nSPS) is 17.5. The number of rotatable bonds is 5. The van der Waals surface area contributed by atoms with E-state index in [4.69, 9.17) is 9.47 Å². The van der Waals surface area contributed by atoms with Gasteiger partial charge in [0.2, 0.25) is 0 Å². The minimum absolute atomic E-state index is 0.0150. The molecule has 0 unspecified atom stereocenters. The molecule has 0 radical (unpaired) electrons. The van der Waals surface area contributed by atoms with Gasteiger partial charge >= 0.3 is 5.97 Å². The van der Waals surface area contributed by atoms with E-state index >= 15 is 0 Å². The summed E-state index contributed by atoms with van der Waals surface area (Å²) >= 11 is 0. The number of ether oxygens (including phenoxy) is 2. The van der Waals surface area contributed by atoms with E-state index in [-0.39, 0.29) is 29.1 Å². The maximum atomic E-state index is 11.9. The number of benzene rings is 1. The second-order valence-corrected chi connectivity index (χ2v) is 8.17. The van der Waals surface area contributed by atoms with E-state index in [0.29, 0.717) is 0 Å². The molecule has 4 heteroatoms. The lowest BCUT2D eigenvalue weighted by molar-refractivity contribution is -0.163. The highest BCUT2D eigenvalue weighted by Gasteiger charge is 2.30. The van der Waals surface area contributed by atoms with Crippen LogP contribution >= 0.6 is 0 Å². The van der Waals surface area contributed by atoms with Crippen LogP contribution in [0.5, 0.6) is 5.75 Å². The predicted octanol–water partition coefficient (Wildman–Crippen LogP) is 3.57. The Hall–Kier alpha value is -1.16. The topological polar surface area (TPSA) is 35.5 Å². The Morgan fingerprint density at radius 3 is 2.33 bits per heavy atom. The van der Waals surface area contributed by atoms with Crippen LogP contribution in [0, 0.1) is 0 Å². The van der Waals surface area contributed by atoms with Gasteiger partial charge in [0.25, 0.3) is 0 Å². The standard InChI is InChI=1S/C17H25O3S/c1-17(11-5-4-6-12-17)20-16(18)13-19-14-7-9-15(10-8-14)21(2)3/h7-10H,4-6,11-13H2,1-3H3/q+1. The quantitative estimate of drug-likeness (QED) is 0.616. The molecule has 2 rings (SSSR count). The molecule has 1 aromatic carbocycles. The zero-order chi connectivity index (χ0) is 15.3. The van der Waals surface area contributed by atoms with Gasteiger partial charge in [0.1, 0.15) is 23.9 Å². The van der Waals surface area contributed by atoms with Gasteiger partial charge in [-0.3, -0.25) is 0 Å². The van der Waals surface area contributed by atoms with Gasteiger partial charge in [-0.15, -0.1) is 0 Å². The van der Waals surface area contributed by atoms with E-state index in [2.05, 4.69) is 12.5 Å². The molecule has 1 aromatic rings. The molecule has 1 saturated carbocycles. The van der Waals surface area contributed by atoms with Crippen molar-refractivity contribution in [3.05, 3.63) is 24.3 Å².